The second-order valence-corrected chi connectivity index (χ2v) is 11.2. The molecule has 2 aromatic carbocycles. The van der Waals surface area contributed by atoms with Gasteiger partial charge in [-0.25, -0.2) is 0 Å². The summed E-state index contributed by atoms with van der Waals surface area (Å²) >= 11 is 12.0. The molecule has 172 valence electrons. The van der Waals surface area contributed by atoms with Crippen molar-refractivity contribution >= 4 is 34.9 Å². The Kier molecular flexibility index (Phi) is 4.85. The lowest BCUT2D eigenvalue weighted by Gasteiger charge is -2.73. The lowest BCUT2D eigenvalue weighted by molar-refractivity contribution is -0.218. The Balaban J connectivity index is 1.08. The Morgan fingerprint density at radius 2 is 1.79 bits per heavy atom. The highest BCUT2D eigenvalue weighted by Gasteiger charge is 2.72. The number of hydrogen-bond donors (Lipinski definition) is 1. The first-order chi connectivity index (χ1) is 15.8. The second-order valence-electron chi connectivity index (χ2n) is 10.3. The van der Waals surface area contributed by atoms with Crippen LogP contribution in [0.1, 0.15) is 61.7 Å². The van der Waals surface area contributed by atoms with E-state index in [2.05, 4.69) is 4.90 Å². The van der Waals surface area contributed by atoms with Crippen molar-refractivity contribution in [3.05, 3.63) is 63.6 Å². The van der Waals surface area contributed by atoms with Crippen LogP contribution in [0.3, 0.4) is 0 Å². The second kappa shape index (κ2) is 7.46. The molecule has 0 unspecified atom stereocenters. The van der Waals surface area contributed by atoms with E-state index in [9.17, 15) is 14.7 Å². The minimum atomic E-state index is -0.757. The molecular weight excluding hydrogens is 461 g/mol. The summed E-state index contributed by atoms with van der Waals surface area (Å²) in [4.78, 5) is 28.3. The lowest BCUT2D eigenvalue weighted by atomic mass is 9.37. The van der Waals surface area contributed by atoms with Crippen molar-refractivity contribution < 1.29 is 19.4 Å². The maximum atomic E-state index is 13.2. The maximum absolute atomic E-state index is 13.2. The summed E-state index contributed by atoms with van der Waals surface area (Å²) in [6.45, 7) is 0.771. The number of hydrogen-bond acceptors (Lipinski definition) is 4. The number of benzene rings is 2. The fraction of sp³-hybridized carbons (Fsp3) is 0.462. The van der Waals surface area contributed by atoms with Gasteiger partial charge >= 0.3 is 0 Å². The standard InChI is InChI=1S/C26H25Cl2NO4/c27-16-3-1-15(2-4-16)18-7-8-29(24(18)32)26-12-25(13-26,14-26)11-21(31)23-10-20(30)19-9-17(28)5-6-22(19)33-23/h1-6,9,18,20,23,30H,7-8,10-14H2/t18-,20-,23-,25?,26?/m1/s1. The molecule has 2 heterocycles. The zero-order chi connectivity index (χ0) is 23.0. The normalized spacial score (nSPS) is 34.2. The predicted octanol–water partition coefficient (Wildman–Crippen LogP) is 5.08. The average molecular weight is 486 g/mol. The van der Waals surface area contributed by atoms with Crippen LogP contribution < -0.4 is 4.74 Å². The molecule has 1 N–H and O–H groups in total. The van der Waals surface area contributed by atoms with Crippen LogP contribution in [0.25, 0.3) is 0 Å². The number of Topliss-reactive ketones (excluding diaryl/α,β-unsaturated/α-hetero) is 1. The number of likely N-dealkylation sites (tertiary alicyclic amines) is 1. The van der Waals surface area contributed by atoms with Gasteiger partial charge in [0, 0.05) is 40.5 Å². The number of rotatable bonds is 5. The first kappa shape index (κ1) is 21.5. The molecule has 3 atom stereocenters. The zero-order valence-electron chi connectivity index (χ0n) is 18.1. The lowest BCUT2D eigenvalue weighted by Crippen LogP contribution is -2.75. The first-order valence-corrected chi connectivity index (χ1v) is 12.3. The highest BCUT2D eigenvalue weighted by atomic mass is 35.5. The van der Waals surface area contributed by atoms with Crippen LogP contribution in [-0.4, -0.2) is 39.9 Å². The number of ether oxygens (including phenoxy) is 1. The third-order valence-corrected chi connectivity index (χ3v) is 8.60. The van der Waals surface area contributed by atoms with Crippen molar-refractivity contribution in [1.82, 2.24) is 4.90 Å². The molecule has 0 spiro atoms. The van der Waals surface area contributed by atoms with Crippen molar-refractivity contribution in [2.45, 2.75) is 62.2 Å². The van der Waals surface area contributed by atoms with Crippen LogP contribution in [0.5, 0.6) is 5.75 Å². The van der Waals surface area contributed by atoms with E-state index in [1.165, 1.54) is 0 Å². The number of ketones is 1. The molecule has 3 aliphatic carbocycles. The summed E-state index contributed by atoms with van der Waals surface area (Å²) in [5.41, 5.74) is 1.57. The number of amides is 1. The van der Waals surface area contributed by atoms with E-state index in [-0.39, 0.29) is 35.0 Å². The van der Waals surface area contributed by atoms with E-state index in [1.54, 1.807) is 18.2 Å². The van der Waals surface area contributed by atoms with Gasteiger partial charge in [-0.15, -0.1) is 0 Å². The fourth-order valence-corrected chi connectivity index (χ4v) is 6.97. The van der Waals surface area contributed by atoms with Gasteiger partial charge in [-0.3, -0.25) is 9.59 Å². The molecular formula is C26H25Cl2NO4. The van der Waals surface area contributed by atoms with Crippen molar-refractivity contribution in [2.75, 3.05) is 6.54 Å². The van der Waals surface area contributed by atoms with E-state index in [0.29, 0.717) is 27.8 Å². The Labute approximate surface area is 202 Å². The van der Waals surface area contributed by atoms with E-state index >= 15 is 0 Å². The quantitative estimate of drug-likeness (QED) is 0.641. The largest absolute Gasteiger partial charge is 0.482 e. The average Bonchev–Trinajstić information content (AvgIpc) is 3.11. The first-order valence-electron chi connectivity index (χ1n) is 11.5. The highest BCUT2D eigenvalue weighted by molar-refractivity contribution is 6.30. The molecule has 0 aromatic heterocycles. The van der Waals surface area contributed by atoms with Gasteiger partial charge in [0.25, 0.3) is 0 Å². The van der Waals surface area contributed by atoms with Crippen LogP contribution in [0, 0.1) is 5.41 Å². The minimum Gasteiger partial charge on any atom is -0.482 e. The van der Waals surface area contributed by atoms with Crippen molar-refractivity contribution in [2.24, 2.45) is 5.41 Å². The van der Waals surface area contributed by atoms with Gasteiger partial charge < -0.3 is 14.7 Å². The molecule has 4 fully saturated rings. The highest BCUT2D eigenvalue weighted by Crippen LogP contribution is 2.72. The predicted molar refractivity (Wildman–Crippen MR) is 125 cm³/mol. The molecule has 2 bridgehead atoms. The van der Waals surface area contributed by atoms with E-state index < -0.39 is 12.2 Å². The van der Waals surface area contributed by atoms with E-state index in [1.807, 2.05) is 24.3 Å². The van der Waals surface area contributed by atoms with E-state index in [4.69, 9.17) is 27.9 Å². The minimum absolute atomic E-state index is 0.0235. The number of nitrogens with zero attached hydrogens (tertiary/aromatic N) is 1. The third-order valence-electron chi connectivity index (χ3n) is 8.11. The molecule has 7 rings (SSSR count). The van der Waals surface area contributed by atoms with Crippen LogP contribution >= 0.6 is 23.2 Å². The van der Waals surface area contributed by atoms with Crippen LogP contribution in [-0.2, 0) is 9.59 Å². The van der Waals surface area contributed by atoms with Crippen LogP contribution in [0.2, 0.25) is 10.0 Å². The molecule has 7 heteroatoms. The Bertz CT molecular complexity index is 1130. The molecule has 33 heavy (non-hydrogen) atoms. The van der Waals surface area contributed by atoms with Gasteiger partial charge in [0.05, 0.1) is 12.0 Å². The van der Waals surface area contributed by atoms with Gasteiger partial charge in [-0.05, 0) is 67.0 Å². The SMILES string of the molecule is O=C(CC12CC(N3CC[C@H](c4ccc(Cl)cc4)C3=O)(C1)C2)[C@H]1C[C@@H](O)c2cc(Cl)ccc2O1. The summed E-state index contributed by atoms with van der Waals surface area (Å²) in [5, 5.41) is 11.7. The summed E-state index contributed by atoms with van der Waals surface area (Å²) in [7, 11) is 0. The Hall–Kier alpha value is -2.08. The number of fused-ring (bicyclic) bond motifs is 1. The number of aliphatic hydroxyl groups excluding tert-OH is 1. The monoisotopic (exact) mass is 485 g/mol. The molecule has 5 nitrogen and oxygen atoms in total. The molecule has 2 aliphatic heterocycles. The number of carbonyl (C=O) groups is 2. The van der Waals surface area contributed by atoms with Crippen LogP contribution in [0.15, 0.2) is 42.5 Å². The molecule has 5 aliphatic rings. The fourth-order valence-electron chi connectivity index (χ4n) is 6.67. The molecule has 1 saturated heterocycles. The summed E-state index contributed by atoms with van der Waals surface area (Å²) in [5.74, 6) is 0.668. The van der Waals surface area contributed by atoms with Crippen LogP contribution in [0.4, 0.5) is 0 Å². The van der Waals surface area contributed by atoms with Crippen molar-refractivity contribution in [3.8, 4) is 5.75 Å². The van der Waals surface area contributed by atoms with Gasteiger partial charge in [-0.2, -0.15) is 0 Å². The third kappa shape index (κ3) is 3.39. The summed E-state index contributed by atoms with van der Waals surface area (Å²) in [6, 6.07) is 12.7. The van der Waals surface area contributed by atoms with Crippen molar-refractivity contribution in [3.63, 3.8) is 0 Å². The molecule has 0 radical (unpaired) electrons. The molecule has 1 amide bonds. The maximum Gasteiger partial charge on any atom is 0.230 e. The Morgan fingerprint density at radius 1 is 1.09 bits per heavy atom. The topological polar surface area (TPSA) is 66.8 Å². The van der Waals surface area contributed by atoms with Gasteiger partial charge in [0.2, 0.25) is 5.91 Å². The molecule has 3 saturated carbocycles. The number of halogens is 2. The smallest absolute Gasteiger partial charge is 0.230 e. The summed E-state index contributed by atoms with van der Waals surface area (Å²) < 4.78 is 5.92. The Morgan fingerprint density at radius 3 is 2.52 bits per heavy atom. The number of aliphatic hydroxyl groups is 1. The van der Waals surface area contributed by atoms with Gasteiger partial charge in [0.15, 0.2) is 11.9 Å². The summed E-state index contributed by atoms with van der Waals surface area (Å²) in [6.07, 6.45) is 2.77. The van der Waals surface area contributed by atoms with Crippen molar-refractivity contribution in [1.29, 1.82) is 0 Å². The van der Waals surface area contributed by atoms with E-state index in [0.717, 1.165) is 37.8 Å². The van der Waals surface area contributed by atoms with Gasteiger partial charge in [-0.1, -0.05) is 35.3 Å². The number of carbonyl (C=O) groups excluding carboxylic acids is 2. The zero-order valence-corrected chi connectivity index (χ0v) is 19.6. The molecule has 2 aromatic rings. The van der Waals surface area contributed by atoms with Gasteiger partial charge in [0.1, 0.15) is 5.75 Å².